The van der Waals surface area contributed by atoms with Crippen LogP contribution in [-0.4, -0.2) is 77.7 Å². The Morgan fingerprint density at radius 3 is 2.12 bits per heavy atom. The molecule has 1 aliphatic carbocycles. The smallest absolute Gasteiger partial charge is 0.407 e. The number of benzene rings is 2. The number of likely N-dealkylation sites (tertiary alicyclic amines) is 1. The number of likely N-dealkylation sites (N-methyl/N-ethyl adjacent to an activating group) is 1. The number of carbonyl (C=O) groups is 3. The number of carboxylic acids is 1. The number of aliphatic carboxylic acids is 1. The Morgan fingerprint density at radius 2 is 1.59 bits per heavy atom. The number of fused-ring (bicyclic) bond motifs is 3. The van der Waals surface area contributed by atoms with Crippen LogP contribution in [0, 0.1) is 0 Å². The molecule has 1 aliphatic heterocycles. The summed E-state index contributed by atoms with van der Waals surface area (Å²) < 4.78 is 5.51. The molecule has 2 aromatic rings. The molecule has 0 aromatic heterocycles. The second kappa shape index (κ2) is 10.3. The highest BCUT2D eigenvalue weighted by atomic mass is 16.5. The van der Waals surface area contributed by atoms with Crippen molar-refractivity contribution < 1.29 is 24.2 Å². The summed E-state index contributed by atoms with van der Waals surface area (Å²) in [6.45, 7) is 7.08. The maximum Gasteiger partial charge on any atom is 0.407 e. The van der Waals surface area contributed by atoms with Gasteiger partial charge in [-0.3, -0.25) is 14.5 Å². The quantitative estimate of drug-likeness (QED) is 0.591. The summed E-state index contributed by atoms with van der Waals surface area (Å²) in [5, 5.41) is 11.8. The normalized spacial score (nSPS) is 15.9. The molecule has 4 rings (SSSR count). The summed E-state index contributed by atoms with van der Waals surface area (Å²) in [5.41, 5.74) is 4.40. The average Bonchev–Trinajstić information content (AvgIpc) is 3.12. The molecule has 2 aliphatic rings. The molecule has 1 saturated heterocycles. The Labute approximate surface area is 199 Å². The molecule has 8 heteroatoms. The molecular formula is C26H31N3O5. The van der Waals surface area contributed by atoms with Crippen molar-refractivity contribution in [1.82, 2.24) is 15.1 Å². The van der Waals surface area contributed by atoms with Gasteiger partial charge >= 0.3 is 12.1 Å². The van der Waals surface area contributed by atoms with Gasteiger partial charge in [0.2, 0.25) is 5.91 Å². The zero-order valence-electron chi connectivity index (χ0n) is 19.6. The van der Waals surface area contributed by atoms with E-state index in [-0.39, 0.29) is 24.5 Å². The molecule has 0 radical (unpaired) electrons. The van der Waals surface area contributed by atoms with Crippen molar-refractivity contribution >= 4 is 18.0 Å². The molecular weight excluding hydrogens is 434 g/mol. The summed E-state index contributed by atoms with van der Waals surface area (Å²) in [6, 6.07) is 15.1. The van der Waals surface area contributed by atoms with Crippen LogP contribution >= 0.6 is 0 Å². The van der Waals surface area contributed by atoms with Gasteiger partial charge in [0.25, 0.3) is 0 Å². The first-order valence-electron chi connectivity index (χ1n) is 11.8. The highest BCUT2D eigenvalue weighted by Gasteiger charge is 2.38. The first-order valence-corrected chi connectivity index (χ1v) is 11.8. The Bertz CT molecular complexity index is 1020. The van der Waals surface area contributed by atoms with Crippen LogP contribution in [0.3, 0.4) is 0 Å². The Kier molecular flexibility index (Phi) is 7.17. The topological polar surface area (TPSA) is 99.2 Å². The standard InChI is InChI=1S/C26H31N3O5/c1-3-28(4-2)17-14-29(15-17)25(32)23(13-24(30)31)27-26(33)34-16-22-20-11-7-5-9-18(20)19-10-6-8-12-21(19)22/h5-12,17,22-23H,3-4,13-16H2,1-2H3,(H,27,33)(H,30,31). The summed E-state index contributed by atoms with van der Waals surface area (Å²) in [6.07, 6.45) is -1.28. The number of nitrogens with zero attached hydrogens (tertiary/aromatic N) is 2. The highest BCUT2D eigenvalue weighted by Crippen LogP contribution is 2.44. The van der Waals surface area contributed by atoms with Gasteiger partial charge in [0.15, 0.2) is 0 Å². The van der Waals surface area contributed by atoms with E-state index >= 15 is 0 Å². The van der Waals surface area contributed by atoms with Gasteiger partial charge in [0, 0.05) is 25.0 Å². The average molecular weight is 466 g/mol. The lowest BCUT2D eigenvalue weighted by atomic mass is 9.98. The van der Waals surface area contributed by atoms with Gasteiger partial charge in [0.05, 0.1) is 6.42 Å². The molecule has 8 nitrogen and oxygen atoms in total. The molecule has 1 fully saturated rings. The third kappa shape index (κ3) is 4.77. The molecule has 0 spiro atoms. The number of carboxylic acid groups (broad SMARTS) is 1. The maximum atomic E-state index is 12.9. The van der Waals surface area contributed by atoms with Crippen molar-refractivity contribution in [2.45, 2.75) is 38.3 Å². The molecule has 2 N–H and O–H groups in total. The van der Waals surface area contributed by atoms with E-state index in [9.17, 15) is 19.5 Å². The number of hydrogen-bond acceptors (Lipinski definition) is 5. The number of ether oxygens (including phenoxy) is 1. The van der Waals surface area contributed by atoms with E-state index in [1.54, 1.807) is 4.90 Å². The first kappa shape index (κ1) is 23.8. The van der Waals surface area contributed by atoms with Crippen molar-refractivity contribution in [3.8, 4) is 11.1 Å². The lowest BCUT2D eigenvalue weighted by Crippen LogP contribution is -2.64. The van der Waals surface area contributed by atoms with Gasteiger partial charge in [-0.25, -0.2) is 4.79 Å². The third-order valence-electron chi connectivity index (χ3n) is 6.82. The number of nitrogens with one attached hydrogen (secondary N) is 1. The molecule has 0 saturated carbocycles. The van der Waals surface area contributed by atoms with Crippen molar-refractivity contribution in [3.63, 3.8) is 0 Å². The van der Waals surface area contributed by atoms with Crippen LogP contribution < -0.4 is 5.32 Å². The largest absolute Gasteiger partial charge is 0.481 e. The molecule has 1 atom stereocenters. The minimum atomic E-state index is -1.16. The SMILES string of the molecule is CCN(CC)C1CN(C(=O)C(CC(=O)O)NC(=O)OCC2c3ccccc3-c3ccccc32)C1. The van der Waals surface area contributed by atoms with E-state index < -0.39 is 24.5 Å². The zero-order valence-corrected chi connectivity index (χ0v) is 19.6. The van der Waals surface area contributed by atoms with Gasteiger partial charge < -0.3 is 20.1 Å². The van der Waals surface area contributed by atoms with Crippen LogP contribution in [0.2, 0.25) is 0 Å². The summed E-state index contributed by atoms with van der Waals surface area (Å²) in [5.74, 6) is -1.66. The minimum absolute atomic E-state index is 0.0988. The van der Waals surface area contributed by atoms with Gasteiger partial charge in [-0.2, -0.15) is 0 Å². The summed E-state index contributed by atoms with van der Waals surface area (Å²) >= 11 is 0. The highest BCUT2D eigenvalue weighted by molar-refractivity contribution is 5.90. The van der Waals surface area contributed by atoms with Gasteiger partial charge in [-0.05, 0) is 35.3 Å². The number of hydrogen-bond donors (Lipinski definition) is 2. The van der Waals surface area contributed by atoms with E-state index in [1.807, 2.05) is 48.5 Å². The van der Waals surface area contributed by atoms with Gasteiger partial charge in [-0.1, -0.05) is 62.4 Å². The molecule has 1 heterocycles. The van der Waals surface area contributed by atoms with Crippen LogP contribution in [-0.2, 0) is 14.3 Å². The first-order chi connectivity index (χ1) is 16.4. The number of alkyl carbamates (subject to hydrolysis) is 1. The van der Waals surface area contributed by atoms with E-state index in [0.29, 0.717) is 13.1 Å². The number of carbonyl (C=O) groups excluding carboxylic acids is 2. The van der Waals surface area contributed by atoms with E-state index in [2.05, 4.69) is 24.1 Å². The molecule has 2 amide bonds. The fourth-order valence-corrected chi connectivity index (χ4v) is 4.98. The zero-order chi connectivity index (χ0) is 24.2. The van der Waals surface area contributed by atoms with Crippen molar-refractivity contribution in [2.24, 2.45) is 0 Å². The van der Waals surface area contributed by atoms with Crippen LogP contribution in [0.4, 0.5) is 4.79 Å². The van der Waals surface area contributed by atoms with E-state index in [4.69, 9.17) is 4.74 Å². The van der Waals surface area contributed by atoms with Crippen molar-refractivity contribution in [3.05, 3.63) is 59.7 Å². The second-order valence-corrected chi connectivity index (χ2v) is 8.74. The molecule has 2 aromatic carbocycles. The molecule has 1 unspecified atom stereocenters. The van der Waals surface area contributed by atoms with E-state index in [0.717, 1.165) is 35.3 Å². The number of rotatable bonds is 9. The lowest BCUT2D eigenvalue weighted by molar-refractivity contribution is -0.146. The van der Waals surface area contributed by atoms with Crippen molar-refractivity contribution in [2.75, 3.05) is 32.8 Å². The Balaban J connectivity index is 1.38. The molecule has 34 heavy (non-hydrogen) atoms. The minimum Gasteiger partial charge on any atom is -0.481 e. The number of amides is 2. The molecule has 0 bridgehead atoms. The van der Waals surface area contributed by atoms with Crippen LogP contribution in [0.15, 0.2) is 48.5 Å². The van der Waals surface area contributed by atoms with E-state index in [1.165, 1.54) is 0 Å². The lowest BCUT2D eigenvalue weighted by Gasteiger charge is -2.45. The third-order valence-corrected chi connectivity index (χ3v) is 6.82. The van der Waals surface area contributed by atoms with Gasteiger partial charge in [-0.15, -0.1) is 0 Å². The van der Waals surface area contributed by atoms with Gasteiger partial charge in [0.1, 0.15) is 12.6 Å². The fraction of sp³-hybridized carbons (Fsp3) is 0.423. The Hall–Kier alpha value is -3.39. The van der Waals surface area contributed by atoms with Crippen molar-refractivity contribution in [1.29, 1.82) is 0 Å². The van der Waals surface area contributed by atoms with Crippen LogP contribution in [0.5, 0.6) is 0 Å². The maximum absolute atomic E-state index is 12.9. The predicted molar refractivity (Wildman–Crippen MR) is 128 cm³/mol. The van der Waals surface area contributed by atoms with Crippen LogP contribution in [0.1, 0.15) is 37.3 Å². The molecule has 180 valence electrons. The Morgan fingerprint density at radius 1 is 1.03 bits per heavy atom. The fourth-order valence-electron chi connectivity index (χ4n) is 4.98. The van der Waals surface area contributed by atoms with Crippen LogP contribution in [0.25, 0.3) is 11.1 Å². The summed E-state index contributed by atoms with van der Waals surface area (Å²) in [4.78, 5) is 40.7. The monoisotopic (exact) mass is 465 g/mol. The second-order valence-electron chi connectivity index (χ2n) is 8.74. The predicted octanol–water partition coefficient (Wildman–Crippen LogP) is 2.92. The summed E-state index contributed by atoms with van der Waals surface area (Å²) in [7, 11) is 0.